The monoisotopic (exact) mass is 305 g/mol. The molecule has 13 heavy (non-hydrogen) atoms. The summed E-state index contributed by atoms with van der Waals surface area (Å²) in [6, 6.07) is 6.00. The molecule has 4 heteroatoms. The van der Waals surface area contributed by atoms with Crippen LogP contribution in [0.5, 0.6) is 5.75 Å². The van der Waals surface area contributed by atoms with Crippen molar-refractivity contribution in [1.82, 2.24) is 0 Å². The van der Waals surface area contributed by atoms with Crippen LogP contribution >= 0.6 is 33.9 Å². The molecule has 2 rings (SSSR count). The Labute approximate surface area is 93.8 Å². The Morgan fingerprint density at radius 1 is 1.46 bits per heavy atom. The predicted molar refractivity (Wildman–Crippen MR) is 65.5 cm³/mol. The number of hydrogen-bond acceptors (Lipinski definition) is 3. The second kappa shape index (κ2) is 3.34. The molecule has 2 N–H and O–H groups in total. The maximum absolute atomic E-state index is 5.83. The molecule has 2 aromatic rings. The van der Waals surface area contributed by atoms with Crippen LogP contribution in [0.1, 0.15) is 0 Å². The van der Waals surface area contributed by atoms with Crippen molar-refractivity contribution in [1.29, 1.82) is 0 Å². The van der Waals surface area contributed by atoms with E-state index in [1.165, 1.54) is 5.39 Å². The van der Waals surface area contributed by atoms with Crippen molar-refractivity contribution in [3.63, 3.8) is 0 Å². The molecule has 0 atom stereocenters. The van der Waals surface area contributed by atoms with E-state index < -0.39 is 0 Å². The van der Waals surface area contributed by atoms with Crippen molar-refractivity contribution in [3.8, 4) is 5.75 Å². The lowest BCUT2D eigenvalue weighted by molar-refractivity contribution is 0.420. The molecule has 0 bridgehead atoms. The molecule has 0 saturated carbocycles. The third-order valence-corrected chi connectivity index (χ3v) is 4.44. The van der Waals surface area contributed by atoms with Crippen molar-refractivity contribution in [3.05, 3.63) is 21.8 Å². The smallest absolute Gasteiger partial charge is 0.136 e. The van der Waals surface area contributed by atoms with E-state index in [0.717, 1.165) is 19.0 Å². The highest BCUT2D eigenvalue weighted by atomic mass is 127. The van der Waals surface area contributed by atoms with Gasteiger partial charge in [0.15, 0.2) is 0 Å². The van der Waals surface area contributed by atoms with Crippen molar-refractivity contribution < 1.29 is 4.74 Å². The van der Waals surface area contributed by atoms with E-state index in [2.05, 4.69) is 28.7 Å². The minimum absolute atomic E-state index is 0.861. The van der Waals surface area contributed by atoms with Gasteiger partial charge in [-0.05, 0) is 28.7 Å². The Morgan fingerprint density at radius 3 is 2.92 bits per heavy atom. The van der Waals surface area contributed by atoms with Crippen molar-refractivity contribution >= 4 is 49.0 Å². The van der Waals surface area contributed by atoms with E-state index in [4.69, 9.17) is 10.5 Å². The zero-order chi connectivity index (χ0) is 9.42. The zero-order valence-corrected chi connectivity index (χ0v) is 9.98. The fourth-order valence-corrected chi connectivity index (χ4v) is 3.16. The summed E-state index contributed by atoms with van der Waals surface area (Å²) < 4.78 is 7.50. The standard InChI is InChI=1S/C9H8INOS/c1-12-6-4-2-3-5-7(10)9(11)13-8(5)6/h2-4H,11H2,1H3. The third-order valence-electron chi connectivity index (χ3n) is 1.86. The molecular weight excluding hydrogens is 297 g/mol. The first-order valence-corrected chi connectivity index (χ1v) is 5.64. The van der Waals surface area contributed by atoms with E-state index in [1.54, 1.807) is 18.4 Å². The van der Waals surface area contributed by atoms with Gasteiger partial charge in [0.1, 0.15) is 10.8 Å². The summed E-state index contributed by atoms with van der Waals surface area (Å²) in [6.07, 6.45) is 0. The summed E-state index contributed by atoms with van der Waals surface area (Å²) in [5, 5.41) is 2.04. The minimum Gasteiger partial charge on any atom is -0.495 e. The maximum Gasteiger partial charge on any atom is 0.136 e. The summed E-state index contributed by atoms with van der Waals surface area (Å²) in [4.78, 5) is 0. The molecule has 0 unspecified atom stereocenters. The van der Waals surface area contributed by atoms with Gasteiger partial charge < -0.3 is 10.5 Å². The molecule has 0 amide bonds. The average molecular weight is 305 g/mol. The Hall–Kier alpha value is -0.490. The third kappa shape index (κ3) is 1.38. The zero-order valence-electron chi connectivity index (χ0n) is 7.00. The second-order valence-electron chi connectivity index (χ2n) is 2.62. The van der Waals surface area contributed by atoms with E-state index in [-0.39, 0.29) is 0 Å². The van der Waals surface area contributed by atoms with Gasteiger partial charge in [0.25, 0.3) is 0 Å². The number of anilines is 1. The fraction of sp³-hybridized carbons (Fsp3) is 0.111. The Morgan fingerprint density at radius 2 is 2.23 bits per heavy atom. The van der Waals surface area contributed by atoms with Gasteiger partial charge in [-0.1, -0.05) is 12.1 Å². The number of hydrogen-bond donors (Lipinski definition) is 1. The first kappa shape index (κ1) is 9.08. The van der Waals surface area contributed by atoms with Crippen LogP contribution in [0.2, 0.25) is 0 Å². The second-order valence-corrected chi connectivity index (χ2v) is 4.75. The summed E-state index contributed by atoms with van der Waals surface area (Å²) in [7, 11) is 1.68. The van der Waals surface area contributed by atoms with Crippen LogP contribution in [-0.4, -0.2) is 7.11 Å². The number of ether oxygens (including phenoxy) is 1. The molecule has 68 valence electrons. The fourth-order valence-electron chi connectivity index (χ4n) is 1.24. The molecule has 0 radical (unpaired) electrons. The van der Waals surface area contributed by atoms with Crippen molar-refractivity contribution in [2.45, 2.75) is 0 Å². The summed E-state index contributed by atoms with van der Waals surface area (Å²) in [5.41, 5.74) is 5.83. The number of halogens is 1. The first-order chi connectivity index (χ1) is 6.24. The van der Waals surface area contributed by atoms with Crippen LogP contribution in [-0.2, 0) is 0 Å². The summed E-state index contributed by atoms with van der Waals surface area (Å²) >= 11 is 3.84. The Balaban J connectivity index is 2.84. The molecule has 0 aliphatic carbocycles. The molecule has 1 aromatic heterocycles. The van der Waals surface area contributed by atoms with E-state index in [0.29, 0.717) is 0 Å². The van der Waals surface area contributed by atoms with Crippen LogP contribution in [0, 0.1) is 3.57 Å². The molecule has 1 heterocycles. The van der Waals surface area contributed by atoms with Crippen LogP contribution in [0.25, 0.3) is 10.1 Å². The summed E-state index contributed by atoms with van der Waals surface area (Å²) in [6.45, 7) is 0. The van der Waals surface area contributed by atoms with Gasteiger partial charge >= 0.3 is 0 Å². The lowest BCUT2D eigenvalue weighted by Gasteiger charge is -1.99. The van der Waals surface area contributed by atoms with E-state index in [1.807, 2.05) is 12.1 Å². The largest absolute Gasteiger partial charge is 0.495 e. The molecular formula is C9H8INOS. The molecule has 0 aliphatic heterocycles. The number of methoxy groups -OCH3 is 1. The predicted octanol–water partition coefficient (Wildman–Crippen LogP) is 3.10. The van der Waals surface area contributed by atoms with Crippen LogP contribution in [0.15, 0.2) is 18.2 Å². The van der Waals surface area contributed by atoms with Crippen LogP contribution in [0.4, 0.5) is 5.00 Å². The summed E-state index contributed by atoms with van der Waals surface area (Å²) in [5.74, 6) is 0.900. The highest BCUT2D eigenvalue weighted by Gasteiger charge is 2.09. The van der Waals surface area contributed by atoms with Gasteiger partial charge in [-0.15, -0.1) is 11.3 Å². The van der Waals surface area contributed by atoms with Gasteiger partial charge in [-0.25, -0.2) is 0 Å². The number of nitrogens with two attached hydrogens (primary N) is 1. The number of nitrogen functional groups attached to an aromatic ring is 1. The topological polar surface area (TPSA) is 35.2 Å². The van der Waals surface area contributed by atoms with E-state index >= 15 is 0 Å². The van der Waals surface area contributed by atoms with E-state index in [9.17, 15) is 0 Å². The first-order valence-electron chi connectivity index (χ1n) is 3.74. The van der Waals surface area contributed by atoms with Gasteiger partial charge in [0.2, 0.25) is 0 Å². The number of benzene rings is 1. The number of thiophene rings is 1. The number of rotatable bonds is 1. The quantitative estimate of drug-likeness (QED) is 0.822. The van der Waals surface area contributed by atoms with Crippen LogP contribution < -0.4 is 10.5 Å². The van der Waals surface area contributed by atoms with Crippen molar-refractivity contribution in [2.75, 3.05) is 12.8 Å². The molecule has 0 fully saturated rings. The van der Waals surface area contributed by atoms with Gasteiger partial charge in [0, 0.05) is 5.39 Å². The Bertz CT molecular complexity index is 452. The van der Waals surface area contributed by atoms with Gasteiger partial charge in [-0.3, -0.25) is 0 Å². The molecule has 0 aliphatic rings. The molecule has 2 nitrogen and oxygen atoms in total. The Kier molecular flexibility index (Phi) is 2.33. The SMILES string of the molecule is COc1cccc2c(I)c(N)sc12. The average Bonchev–Trinajstić information content (AvgIpc) is 2.43. The minimum atomic E-state index is 0.861. The van der Waals surface area contributed by atoms with Gasteiger partial charge in [0.05, 0.1) is 15.4 Å². The highest BCUT2D eigenvalue weighted by Crippen LogP contribution is 2.39. The lowest BCUT2D eigenvalue weighted by atomic mass is 10.2. The van der Waals surface area contributed by atoms with Gasteiger partial charge in [-0.2, -0.15) is 0 Å². The molecule has 1 aromatic carbocycles. The maximum atomic E-state index is 5.83. The lowest BCUT2D eigenvalue weighted by Crippen LogP contribution is -1.81. The molecule has 0 saturated heterocycles. The van der Waals surface area contributed by atoms with Crippen LogP contribution in [0.3, 0.4) is 0 Å². The molecule has 0 spiro atoms. The van der Waals surface area contributed by atoms with Crippen molar-refractivity contribution in [2.24, 2.45) is 0 Å². The number of fused-ring (bicyclic) bond motifs is 1. The highest BCUT2D eigenvalue weighted by molar-refractivity contribution is 14.1. The normalized spacial score (nSPS) is 10.6.